The maximum atomic E-state index is 12.5. The van der Waals surface area contributed by atoms with Crippen molar-refractivity contribution in [3.05, 3.63) is 41.1 Å². The van der Waals surface area contributed by atoms with Crippen LogP contribution in [0.3, 0.4) is 0 Å². The maximum absolute atomic E-state index is 12.5. The van der Waals surface area contributed by atoms with E-state index in [4.69, 9.17) is 21.1 Å². The molecule has 0 saturated carbocycles. The predicted molar refractivity (Wildman–Crippen MR) is 95.9 cm³/mol. The molecule has 0 amide bonds. The third-order valence-electron chi connectivity index (χ3n) is 3.37. The third-order valence-corrected chi connectivity index (χ3v) is 3.68. The Bertz CT molecular complexity index is 694. The molecule has 6 nitrogen and oxygen atoms in total. The van der Waals surface area contributed by atoms with Gasteiger partial charge in [0.2, 0.25) is 0 Å². The summed E-state index contributed by atoms with van der Waals surface area (Å²) in [6.45, 7) is 1.50. The van der Waals surface area contributed by atoms with Gasteiger partial charge in [-0.15, -0.1) is 0 Å². The summed E-state index contributed by atoms with van der Waals surface area (Å²) in [5, 5.41) is 2.87. The second-order valence-corrected chi connectivity index (χ2v) is 5.91. The molecule has 0 aromatic heterocycles. The highest BCUT2D eigenvalue weighted by molar-refractivity contribution is 6.32. The van der Waals surface area contributed by atoms with Gasteiger partial charge in [-0.1, -0.05) is 23.7 Å². The first-order valence-corrected chi connectivity index (χ1v) is 8.71. The quantitative estimate of drug-likeness (QED) is 0.352. The molecule has 0 spiro atoms. The normalized spacial score (nSPS) is 13.0. The summed E-state index contributed by atoms with van der Waals surface area (Å²) in [6.07, 6.45) is -5.11. The van der Waals surface area contributed by atoms with Crippen molar-refractivity contribution in [1.29, 1.82) is 0 Å². The van der Waals surface area contributed by atoms with Crippen LogP contribution in [0.2, 0.25) is 5.02 Å². The van der Waals surface area contributed by atoms with Crippen molar-refractivity contribution in [2.24, 2.45) is 0 Å². The summed E-state index contributed by atoms with van der Waals surface area (Å²) in [5.41, 5.74) is 0. The first-order valence-electron chi connectivity index (χ1n) is 8.34. The van der Waals surface area contributed by atoms with Crippen molar-refractivity contribution in [2.75, 3.05) is 20.3 Å². The molecule has 0 radical (unpaired) electrons. The van der Waals surface area contributed by atoms with E-state index < -0.39 is 37.0 Å². The summed E-state index contributed by atoms with van der Waals surface area (Å²) >= 11 is 6.01. The standard InChI is InChI=1S/C18H21ClF3NO5/c1-3-27-16(24)10-12(28-15-7-5-4-6-13(15)19)11-23-14(17(25)26-2)8-9-18(20,21)22/h4-7,10,14,23H,3,8-9,11H2,1-2H3/b12-10-. The minimum Gasteiger partial charge on any atom is -0.468 e. The summed E-state index contributed by atoms with van der Waals surface area (Å²) in [6, 6.07) is 5.19. The van der Waals surface area contributed by atoms with Gasteiger partial charge in [-0.3, -0.25) is 10.1 Å². The van der Waals surface area contributed by atoms with E-state index in [0.29, 0.717) is 0 Å². The fraction of sp³-hybridized carbons (Fsp3) is 0.444. The summed E-state index contributed by atoms with van der Waals surface area (Å²) in [7, 11) is 1.07. The number of methoxy groups -OCH3 is 1. The second kappa shape index (κ2) is 11.6. The minimum absolute atomic E-state index is 0.00691. The highest BCUT2D eigenvalue weighted by atomic mass is 35.5. The number of halogens is 4. The van der Waals surface area contributed by atoms with E-state index >= 15 is 0 Å². The van der Waals surface area contributed by atoms with Gasteiger partial charge in [0.1, 0.15) is 17.6 Å². The largest absolute Gasteiger partial charge is 0.468 e. The van der Waals surface area contributed by atoms with E-state index in [0.717, 1.165) is 13.2 Å². The number of esters is 2. The Morgan fingerprint density at radius 2 is 1.96 bits per heavy atom. The van der Waals surface area contributed by atoms with Gasteiger partial charge < -0.3 is 14.2 Å². The van der Waals surface area contributed by atoms with E-state index in [1.165, 1.54) is 0 Å². The molecular formula is C18H21ClF3NO5. The molecule has 1 aromatic rings. The summed E-state index contributed by atoms with van der Waals surface area (Å²) in [4.78, 5) is 23.5. The molecule has 0 bridgehead atoms. The Kier molecular flexibility index (Phi) is 9.81. The molecule has 0 aliphatic heterocycles. The van der Waals surface area contributed by atoms with Gasteiger partial charge in [-0.05, 0) is 25.5 Å². The molecule has 1 unspecified atom stereocenters. The van der Waals surface area contributed by atoms with E-state index in [-0.39, 0.29) is 29.7 Å². The Labute approximate surface area is 165 Å². The number of ether oxygens (including phenoxy) is 3. The van der Waals surface area contributed by atoms with E-state index in [1.807, 2.05) is 0 Å². The average molecular weight is 424 g/mol. The van der Waals surface area contributed by atoms with E-state index in [1.54, 1.807) is 31.2 Å². The molecule has 1 aromatic carbocycles. The lowest BCUT2D eigenvalue weighted by Crippen LogP contribution is -2.40. The molecule has 156 valence electrons. The fourth-order valence-electron chi connectivity index (χ4n) is 2.08. The van der Waals surface area contributed by atoms with Crippen LogP contribution in [0.1, 0.15) is 19.8 Å². The number of benzene rings is 1. The van der Waals surface area contributed by atoms with Crippen LogP contribution < -0.4 is 10.1 Å². The highest BCUT2D eigenvalue weighted by Gasteiger charge is 2.31. The van der Waals surface area contributed by atoms with Gasteiger partial charge >= 0.3 is 18.1 Å². The molecule has 28 heavy (non-hydrogen) atoms. The molecule has 0 saturated heterocycles. The Morgan fingerprint density at radius 3 is 2.54 bits per heavy atom. The number of carbonyl (C=O) groups is 2. The highest BCUT2D eigenvalue weighted by Crippen LogP contribution is 2.25. The lowest BCUT2D eigenvalue weighted by molar-refractivity contribution is -0.148. The van der Waals surface area contributed by atoms with E-state index in [9.17, 15) is 22.8 Å². The molecule has 1 atom stereocenters. The molecule has 0 aliphatic carbocycles. The molecular weight excluding hydrogens is 403 g/mol. The van der Waals surface area contributed by atoms with Crippen LogP contribution in [0.25, 0.3) is 0 Å². The van der Waals surface area contributed by atoms with E-state index in [2.05, 4.69) is 10.1 Å². The fourth-order valence-corrected chi connectivity index (χ4v) is 2.25. The number of nitrogens with one attached hydrogen (secondary N) is 1. The topological polar surface area (TPSA) is 73.9 Å². The van der Waals surface area contributed by atoms with Crippen LogP contribution >= 0.6 is 11.6 Å². The molecule has 0 heterocycles. The van der Waals surface area contributed by atoms with Crippen molar-refractivity contribution in [2.45, 2.75) is 32.0 Å². The Morgan fingerprint density at radius 1 is 1.29 bits per heavy atom. The molecule has 10 heteroatoms. The van der Waals surface area contributed by atoms with Gasteiger partial charge in [-0.25, -0.2) is 4.79 Å². The minimum atomic E-state index is -4.42. The Balaban J connectivity index is 2.92. The van der Waals surface area contributed by atoms with Crippen molar-refractivity contribution < 1.29 is 37.0 Å². The average Bonchev–Trinajstić information content (AvgIpc) is 2.62. The zero-order valence-corrected chi connectivity index (χ0v) is 16.1. The van der Waals surface area contributed by atoms with Gasteiger partial charge in [0, 0.05) is 6.42 Å². The van der Waals surface area contributed by atoms with Crippen LogP contribution in [-0.2, 0) is 19.1 Å². The lowest BCUT2D eigenvalue weighted by Gasteiger charge is -2.19. The zero-order valence-electron chi connectivity index (χ0n) is 15.3. The number of alkyl halides is 3. The maximum Gasteiger partial charge on any atom is 0.389 e. The van der Waals surface area contributed by atoms with Crippen LogP contribution in [0.4, 0.5) is 13.2 Å². The van der Waals surface area contributed by atoms with Crippen LogP contribution in [-0.4, -0.2) is 44.4 Å². The first kappa shape index (κ1) is 23.8. The number of para-hydroxylation sites is 1. The van der Waals surface area contributed by atoms with Crippen LogP contribution in [0.5, 0.6) is 5.75 Å². The summed E-state index contributed by atoms with van der Waals surface area (Å²) < 4.78 is 52.3. The lowest BCUT2D eigenvalue weighted by atomic mass is 10.1. The van der Waals surface area contributed by atoms with Gasteiger partial charge in [-0.2, -0.15) is 13.2 Å². The van der Waals surface area contributed by atoms with Crippen LogP contribution in [0, 0.1) is 0 Å². The van der Waals surface area contributed by atoms with Crippen molar-refractivity contribution in [3.63, 3.8) is 0 Å². The Hall–Kier alpha value is -2.26. The first-order chi connectivity index (χ1) is 13.2. The monoisotopic (exact) mass is 423 g/mol. The predicted octanol–water partition coefficient (Wildman–Crippen LogP) is 3.64. The molecule has 0 aliphatic rings. The molecule has 0 fully saturated rings. The van der Waals surface area contributed by atoms with Gasteiger partial charge in [0.05, 0.1) is 31.4 Å². The summed E-state index contributed by atoms with van der Waals surface area (Å²) in [5.74, 6) is -1.34. The van der Waals surface area contributed by atoms with Gasteiger partial charge in [0.25, 0.3) is 0 Å². The van der Waals surface area contributed by atoms with Crippen molar-refractivity contribution >= 4 is 23.5 Å². The van der Waals surface area contributed by atoms with Gasteiger partial charge in [0.15, 0.2) is 0 Å². The molecule has 1 rings (SSSR count). The van der Waals surface area contributed by atoms with Crippen molar-refractivity contribution in [3.8, 4) is 5.75 Å². The number of carbonyl (C=O) groups excluding carboxylic acids is 2. The number of rotatable bonds is 10. The van der Waals surface area contributed by atoms with Crippen molar-refractivity contribution in [1.82, 2.24) is 5.32 Å². The second-order valence-electron chi connectivity index (χ2n) is 5.51. The molecule has 1 N–H and O–H groups in total. The SMILES string of the molecule is CCOC(=O)/C=C(/CNC(CCC(F)(F)F)C(=O)OC)Oc1ccccc1Cl. The third kappa shape index (κ3) is 9.09. The smallest absolute Gasteiger partial charge is 0.389 e. The number of hydrogen-bond donors (Lipinski definition) is 1. The number of hydrogen-bond acceptors (Lipinski definition) is 6. The van der Waals surface area contributed by atoms with Crippen LogP contribution in [0.15, 0.2) is 36.1 Å². The zero-order chi connectivity index (χ0) is 21.2.